The average molecular weight is 1020 g/mol. The second-order valence-corrected chi connectivity index (χ2v) is 16.8. The molecule has 0 aromatic heterocycles. The Hall–Kier alpha value is -4.65. The number of hydrogen-bond donors (Lipinski definition) is 0. The molecule has 6 aromatic rings. The van der Waals surface area contributed by atoms with Crippen molar-refractivity contribution in [2.75, 3.05) is 40.5 Å². The van der Waals surface area contributed by atoms with E-state index >= 15 is 0 Å². The third-order valence-corrected chi connectivity index (χ3v) is 10.4. The number of aliphatic imine (C=N–C) groups is 2. The fraction of sp³-hybridized carbons (Fsp3) is 0.345. The van der Waals surface area contributed by atoms with Crippen LogP contribution < -0.4 is 10.2 Å². The van der Waals surface area contributed by atoms with E-state index in [0.717, 1.165) is 45.0 Å². The van der Waals surface area contributed by atoms with Gasteiger partial charge in [0, 0.05) is 26.6 Å². The van der Waals surface area contributed by atoms with Gasteiger partial charge in [0.25, 0.3) is 0 Å². The van der Waals surface area contributed by atoms with Crippen LogP contribution in [0.5, 0.6) is 0 Å². The van der Waals surface area contributed by atoms with E-state index in [1.807, 2.05) is 97.4 Å². The number of ether oxygens (including phenoxy) is 2. The first-order chi connectivity index (χ1) is 31.9. The molecule has 0 heterocycles. The molecule has 0 unspecified atom stereocenters. The number of para-hydroxylation sites is 4. The van der Waals surface area contributed by atoms with Gasteiger partial charge in [0.1, 0.15) is 0 Å². The molecule has 6 rings (SSSR count). The smallest absolute Gasteiger partial charge is 0.851 e. The Labute approximate surface area is 434 Å². The van der Waals surface area contributed by atoms with E-state index in [4.69, 9.17) is 20.1 Å². The molecule has 0 aliphatic carbocycles. The van der Waals surface area contributed by atoms with Crippen LogP contribution in [0.4, 0.5) is 22.7 Å². The summed E-state index contributed by atoms with van der Waals surface area (Å²) in [4.78, 5) is 8.88. The van der Waals surface area contributed by atoms with Gasteiger partial charge in [0.15, 0.2) is 0 Å². The van der Waals surface area contributed by atoms with Crippen molar-refractivity contribution in [2.24, 2.45) is 9.98 Å². The van der Waals surface area contributed by atoms with Crippen LogP contribution in [0.25, 0.3) is 10.6 Å². The number of benzene rings is 6. The quantitative estimate of drug-likeness (QED) is 0.0484. The third-order valence-electron chi connectivity index (χ3n) is 10.4. The van der Waals surface area contributed by atoms with Crippen LogP contribution in [0, 0.1) is 0 Å². The van der Waals surface area contributed by atoms with E-state index in [1.54, 1.807) is 14.2 Å². The number of rotatable bonds is 18. The molecule has 8 nitrogen and oxygen atoms in total. The molecule has 0 N–H and O–H groups in total. The minimum atomic E-state index is -0.110. The standard InChI is InChI=1S/2C22H29N2O.2C7H7O.2Zn/c2*1-16(2)19-10-8-11-20(17(3)4)22(19)24-21-12-7-6-9-18(21)15-23-13-14-25-5;2*8-6-7-4-2-1-3-5-7;;/h2*6-12,15-17H,13-14H2,1-5H3;2*1-5H,6H2;;/q4*-1;2*+2. The van der Waals surface area contributed by atoms with Crippen LogP contribution in [0.2, 0.25) is 0 Å². The monoisotopic (exact) mass is 1020 g/mol. The van der Waals surface area contributed by atoms with Gasteiger partial charge in [-0.3, -0.25) is 9.98 Å². The second kappa shape index (κ2) is 35.5. The summed E-state index contributed by atoms with van der Waals surface area (Å²) in [7, 11) is 3.38. The summed E-state index contributed by atoms with van der Waals surface area (Å²) >= 11 is 0. The Bertz CT molecular complexity index is 2090. The maximum Gasteiger partial charge on any atom is 2.00 e. The maximum absolute atomic E-state index is 10.1. The van der Waals surface area contributed by atoms with E-state index in [1.165, 1.54) is 22.3 Å². The zero-order valence-electron chi connectivity index (χ0n) is 42.4. The minimum Gasteiger partial charge on any atom is -0.851 e. The van der Waals surface area contributed by atoms with E-state index in [2.05, 4.69) is 126 Å². The summed E-state index contributed by atoms with van der Waals surface area (Å²) in [5.41, 5.74) is 13.1. The summed E-state index contributed by atoms with van der Waals surface area (Å²) in [5.74, 6) is 1.72. The molecule has 6 aromatic carbocycles. The summed E-state index contributed by atoms with van der Waals surface area (Å²) in [6, 6.07) is 47.9. The molecular weight excluding hydrogens is 947 g/mol. The number of hydrogen-bond acceptors (Lipinski definition) is 6. The predicted octanol–water partition coefficient (Wildman–Crippen LogP) is 13.8. The molecule has 0 saturated carbocycles. The van der Waals surface area contributed by atoms with Crippen LogP contribution in [-0.2, 0) is 61.6 Å². The second-order valence-electron chi connectivity index (χ2n) is 16.8. The molecule has 0 bridgehead atoms. The van der Waals surface area contributed by atoms with Crippen molar-refractivity contribution in [1.82, 2.24) is 0 Å². The largest absolute Gasteiger partial charge is 2.00 e. The van der Waals surface area contributed by atoms with Crippen molar-refractivity contribution in [2.45, 2.75) is 92.3 Å². The van der Waals surface area contributed by atoms with Gasteiger partial charge in [-0.05, 0) is 34.8 Å². The Balaban J connectivity index is 0.000000502. The number of nitrogens with zero attached hydrogens (tertiary/aromatic N) is 4. The van der Waals surface area contributed by atoms with Gasteiger partial charge < -0.3 is 30.3 Å². The first kappa shape index (κ1) is 61.4. The predicted molar refractivity (Wildman–Crippen MR) is 276 cm³/mol. The Kier molecular flexibility index (Phi) is 32.0. The van der Waals surface area contributed by atoms with Gasteiger partial charge in [-0.25, -0.2) is 0 Å². The molecule has 0 saturated heterocycles. The van der Waals surface area contributed by atoms with Gasteiger partial charge in [-0.2, -0.15) is 0 Å². The molecule has 0 atom stereocenters. The van der Waals surface area contributed by atoms with E-state index in [-0.39, 0.29) is 52.2 Å². The van der Waals surface area contributed by atoms with Crippen molar-refractivity contribution in [3.05, 3.63) is 201 Å². The SMILES string of the molecule is COCCN=Cc1ccccc1[N-]c1c(C(C)C)cccc1C(C)C.COCCN=Cc1ccccc1[N-]c1c(C(C)C)cccc1C(C)C.[O-]Cc1ccccc1.[O-]Cc1ccccc1.[Zn+2].[Zn+2]. The zero-order chi connectivity index (χ0) is 48.1. The van der Waals surface area contributed by atoms with Crippen molar-refractivity contribution in [3.63, 3.8) is 0 Å². The average Bonchev–Trinajstić information content (AvgIpc) is 3.33. The van der Waals surface area contributed by atoms with Gasteiger partial charge in [-0.15, -0.1) is 36.0 Å². The van der Waals surface area contributed by atoms with Crippen molar-refractivity contribution in [1.29, 1.82) is 0 Å². The van der Waals surface area contributed by atoms with Crippen molar-refractivity contribution < 1.29 is 58.6 Å². The summed E-state index contributed by atoms with van der Waals surface area (Å²) in [5, 5.41) is 30.4. The zero-order valence-corrected chi connectivity index (χ0v) is 48.3. The maximum atomic E-state index is 10.1. The van der Waals surface area contributed by atoms with Crippen LogP contribution in [0.1, 0.15) is 124 Å². The van der Waals surface area contributed by atoms with Crippen LogP contribution in [0.15, 0.2) is 156 Å². The molecule has 0 spiro atoms. The van der Waals surface area contributed by atoms with Gasteiger partial charge in [0.2, 0.25) is 0 Å². The fourth-order valence-corrected chi connectivity index (χ4v) is 6.68. The molecule has 68 heavy (non-hydrogen) atoms. The summed E-state index contributed by atoms with van der Waals surface area (Å²) in [6.07, 6.45) is 3.79. The van der Waals surface area contributed by atoms with Gasteiger partial charge in [0.05, 0.1) is 26.3 Å². The molecular formula is C58H72N4O4Zn2. The normalized spacial score (nSPS) is 10.7. The first-order valence-electron chi connectivity index (χ1n) is 23.0. The van der Waals surface area contributed by atoms with Gasteiger partial charge in [-0.1, -0.05) is 234 Å². The Morgan fingerprint density at radius 2 is 0.721 bits per heavy atom. The van der Waals surface area contributed by atoms with Crippen molar-refractivity contribution in [3.8, 4) is 0 Å². The molecule has 0 fully saturated rings. The number of methoxy groups -OCH3 is 2. The van der Waals surface area contributed by atoms with Gasteiger partial charge >= 0.3 is 39.0 Å². The molecule has 0 amide bonds. The summed E-state index contributed by atoms with van der Waals surface area (Å²) < 4.78 is 10.1. The minimum absolute atomic E-state index is 0. The van der Waals surface area contributed by atoms with E-state index in [9.17, 15) is 10.2 Å². The Morgan fingerprint density at radius 3 is 0.985 bits per heavy atom. The molecule has 0 aliphatic rings. The van der Waals surface area contributed by atoms with Crippen molar-refractivity contribution >= 4 is 35.2 Å². The molecule has 352 valence electrons. The molecule has 10 heteroatoms. The molecule has 0 aliphatic heterocycles. The fourth-order valence-electron chi connectivity index (χ4n) is 6.68. The van der Waals surface area contributed by atoms with Crippen LogP contribution in [-0.4, -0.2) is 53.0 Å². The third kappa shape index (κ3) is 21.8. The van der Waals surface area contributed by atoms with E-state index < -0.39 is 0 Å². The van der Waals surface area contributed by atoms with Crippen LogP contribution >= 0.6 is 0 Å². The van der Waals surface area contributed by atoms with E-state index in [0.29, 0.717) is 50.0 Å². The topological polar surface area (TPSA) is 118 Å². The summed E-state index contributed by atoms with van der Waals surface area (Å²) in [6.45, 7) is 20.1. The Morgan fingerprint density at radius 1 is 0.426 bits per heavy atom. The van der Waals surface area contributed by atoms with Crippen LogP contribution in [0.3, 0.4) is 0 Å². The first-order valence-corrected chi connectivity index (χ1v) is 23.0. The molecule has 0 radical (unpaired) electrons.